The highest BCUT2D eigenvalue weighted by Crippen LogP contribution is 2.20. The van der Waals surface area contributed by atoms with Gasteiger partial charge in [-0.3, -0.25) is 0 Å². The number of alkyl halides is 6. The van der Waals surface area contributed by atoms with Crippen molar-refractivity contribution in [1.82, 2.24) is 0 Å². The van der Waals surface area contributed by atoms with E-state index in [0.29, 0.717) is 0 Å². The highest BCUT2D eigenvalue weighted by molar-refractivity contribution is 6.53. The van der Waals surface area contributed by atoms with Crippen molar-refractivity contribution < 1.29 is 44.0 Å². The van der Waals surface area contributed by atoms with Gasteiger partial charge in [-0.1, -0.05) is 0 Å². The molecule has 0 saturated carbocycles. The summed E-state index contributed by atoms with van der Waals surface area (Å²) in [7, 11) is -4.41. The second kappa shape index (κ2) is 9.53. The molecule has 116 valence electrons. The Balaban J connectivity index is 4.66. The predicted molar refractivity (Wildman–Crippen MR) is 53.5 cm³/mol. The first-order valence-corrected chi connectivity index (χ1v) is 6.83. The molecule has 0 heterocycles. The lowest BCUT2D eigenvalue weighted by Crippen LogP contribution is -2.52. The molecule has 0 amide bonds. The largest absolute Gasteiger partial charge is 0.680 e. The molecule has 0 bridgehead atoms. The Kier molecular flexibility index (Phi) is 9.34. The number of hydrogen-bond donors (Lipinski definition) is 0. The van der Waals surface area contributed by atoms with Gasteiger partial charge in [-0.25, -0.2) is 13.2 Å². The van der Waals surface area contributed by atoms with Gasteiger partial charge < -0.3 is 17.7 Å². The van der Waals surface area contributed by atoms with Crippen LogP contribution in [0.1, 0.15) is 0 Å². The van der Waals surface area contributed by atoms with Crippen molar-refractivity contribution in [2.75, 3.05) is 46.5 Å². The monoisotopic (exact) mass is 316 g/mol. The molecule has 0 N–H and O–H groups in total. The number of halogens is 6. The van der Waals surface area contributed by atoms with Gasteiger partial charge in [-0.2, -0.15) is 13.2 Å². The van der Waals surface area contributed by atoms with Crippen LogP contribution < -0.4 is 0 Å². The molecular formula is C8H14F6O4Si. The average Bonchev–Trinajstić information content (AvgIpc) is 2.36. The first-order valence-electron chi connectivity index (χ1n) is 5.19. The molecule has 0 aliphatic carbocycles. The summed E-state index contributed by atoms with van der Waals surface area (Å²) in [6.45, 7) is -6.90. The van der Waals surface area contributed by atoms with E-state index in [2.05, 4.69) is 17.7 Å². The van der Waals surface area contributed by atoms with Crippen LogP contribution in [0.3, 0.4) is 0 Å². The summed E-state index contributed by atoms with van der Waals surface area (Å²) in [5.41, 5.74) is 0. The minimum atomic E-state index is -4.71. The van der Waals surface area contributed by atoms with E-state index in [1.165, 1.54) is 0 Å². The van der Waals surface area contributed by atoms with Crippen molar-refractivity contribution in [3.05, 3.63) is 0 Å². The second-order valence-corrected chi connectivity index (χ2v) is 5.17. The molecule has 0 fully saturated rings. The zero-order chi connectivity index (χ0) is 14.8. The zero-order valence-electron chi connectivity index (χ0n) is 9.85. The Hall–Kier alpha value is -0.363. The topological polar surface area (TPSA) is 36.9 Å². The van der Waals surface area contributed by atoms with Gasteiger partial charge in [0.25, 0.3) is 0 Å². The summed E-state index contributed by atoms with van der Waals surface area (Å²) >= 11 is 0. The lowest BCUT2D eigenvalue weighted by molar-refractivity contribution is -0.175. The van der Waals surface area contributed by atoms with Crippen molar-refractivity contribution in [3.8, 4) is 0 Å². The molecule has 0 rings (SSSR count). The highest BCUT2D eigenvalue weighted by Gasteiger charge is 2.48. The van der Waals surface area contributed by atoms with Crippen molar-refractivity contribution in [2.24, 2.45) is 0 Å². The van der Waals surface area contributed by atoms with E-state index in [0.717, 1.165) is 0 Å². The Bertz CT molecular complexity index is 208. The molecule has 19 heavy (non-hydrogen) atoms. The van der Waals surface area contributed by atoms with E-state index in [-0.39, 0.29) is 0 Å². The van der Waals surface area contributed by atoms with Crippen molar-refractivity contribution in [1.29, 1.82) is 0 Å². The second-order valence-electron chi connectivity index (χ2n) is 3.02. The van der Waals surface area contributed by atoms with Crippen LogP contribution in [0.25, 0.3) is 0 Å². The van der Waals surface area contributed by atoms with Gasteiger partial charge in [0.2, 0.25) is 0 Å². The van der Waals surface area contributed by atoms with Crippen LogP contribution in [0.2, 0.25) is 0 Å². The molecule has 0 spiro atoms. The van der Waals surface area contributed by atoms with E-state index >= 15 is 0 Å². The molecule has 0 aromatic rings. The van der Waals surface area contributed by atoms with Gasteiger partial charge in [0, 0.05) is 0 Å². The Labute approximate surface area is 107 Å². The van der Waals surface area contributed by atoms with Crippen molar-refractivity contribution >= 4 is 9.05 Å². The lowest BCUT2D eigenvalue weighted by atomic mass is 10.7. The van der Waals surface area contributed by atoms with Crippen molar-refractivity contribution in [2.45, 2.75) is 6.18 Å². The molecule has 0 saturated heterocycles. The minimum absolute atomic E-state index is 0.664. The van der Waals surface area contributed by atoms with Crippen LogP contribution >= 0.6 is 0 Å². The van der Waals surface area contributed by atoms with Crippen LogP contribution in [0.5, 0.6) is 0 Å². The summed E-state index contributed by atoms with van der Waals surface area (Å²) in [5.74, 6) is 0. The normalized spacial score (nSPS) is 12.9. The first kappa shape index (κ1) is 18.6. The molecule has 11 heteroatoms. The van der Waals surface area contributed by atoms with Gasteiger partial charge in [-0.15, -0.1) is 0 Å². The van der Waals surface area contributed by atoms with Crippen LogP contribution in [-0.4, -0.2) is 61.7 Å². The first-order chi connectivity index (χ1) is 8.89. The van der Waals surface area contributed by atoms with Crippen molar-refractivity contribution in [3.63, 3.8) is 0 Å². The standard InChI is InChI=1S/C8H14F6O4Si/c9-1-4-15-19(16-5-2-10,17-6-3-11)18-7-8(12,13)14/h1-7H2. The summed E-state index contributed by atoms with van der Waals surface area (Å²) in [6.07, 6.45) is -4.71. The fourth-order valence-corrected chi connectivity index (χ4v) is 2.73. The molecule has 0 unspecified atom stereocenters. The fourth-order valence-electron chi connectivity index (χ4n) is 0.911. The Morgan fingerprint density at radius 3 is 1.32 bits per heavy atom. The average molecular weight is 316 g/mol. The van der Waals surface area contributed by atoms with E-state index in [4.69, 9.17) is 0 Å². The Morgan fingerprint density at radius 2 is 1.05 bits per heavy atom. The number of hydrogen-bond acceptors (Lipinski definition) is 4. The molecule has 0 atom stereocenters. The van der Waals surface area contributed by atoms with Crippen LogP contribution in [0, 0.1) is 0 Å². The summed E-state index contributed by atoms with van der Waals surface area (Å²) in [5, 5.41) is 0. The van der Waals surface area contributed by atoms with Crippen LogP contribution in [0.4, 0.5) is 26.3 Å². The molecule has 0 aliphatic rings. The minimum Gasteiger partial charge on any atom is -0.348 e. The molecular weight excluding hydrogens is 302 g/mol. The number of rotatable bonds is 11. The predicted octanol–water partition coefficient (Wildman–Crippen LogP) is 1.96. The summed E-state index contributed by atoms with van der Waals surface area (Å²) in [4.78, 5) is 0. The zero-order valence-corrected chi connectivity index (χ0v) is 10.9. The molecule has 0 aromatic carbocycles. The fraction of sp³-hybridized carbons (Fsp3) is 1.00. The quantitative estimate of drug-likeness (QED) is 0.431. The highest BCUT2D eigenvalue weighted by atomic mass is 28.4. The SMILES string of the molecule is FCCO[Si](OCCF)(OCCF)OCC(F)(F)F. The van der Waals surface area contributed by atoms with Crippen LogP contribution in [0.15, 0.2) is 0 Å². The van der Waals surface area contributed by atoms with Crippen LogP contribution in [-0.2, 0) is 17.7 Å². The molecule has 0 aliphatic heterocycles. The van der Waals surface area contributed by atoms with Gasteiger partial charge in [-0.05, 0) is 0 Å². The van der Waals surface area contributed by atoms with E-state index in [1.807, 2.05) is 0 Å². The third kappa shape index (κ3) is 9.21. The van der Waals surface area contributed by atoms with E-state index in [9.17, 15) is 26.3 Å². The van der Waals surface area contributed by atoms with Gasteiger partial charge >= 0.3 is 15.2 Å². The Morgan fingerprint density at radius 1 is 0.684 bits per heavy atom. The third-order valence-electron chi connectivity index (χ3n) is 1.48. The van der Waals surface area contributed by atoms with E-state index < -0.39 is 61.7 Å². The summed E-state index contributed by atoms with van der Waals surface area (Å²) in [6, 6.07) is 0. The van der Waals surface area contributed by atoms with Gasteiger partial charge in [0.1, 0.15) is 26.6 Å². The lowest BCUT2D eigenvalue weighted by Gasteiger charge is -2.27. The van der Waals surface area contributed by atoms with Gasteiger partial charge in [0.15, 0.2) is 0 Å². The van der Waals surface area contributed by atoms with Gasteiger partial charge in [0.05, 0.1) is 19.8 Å². The molecule has 0 aromatic heterocycles. The smallest absolute Gasteiger partial charge is 0.348 e. The third-order valence-corrected chi connectivity index (χ3v) is 3.65. The summed E-state index contributed by atoms with van der Waals surface area (Å²) < 4.78 is 90.5. The van der Waals surface area contributed by atoms with E-state index in [1.54, 1.807) is 0 Å². The maximum Gasteiger partial charge on any atom is 0.680 e. The molecule has 0 radical (unpaired) electrons. The maximum atomic E-state index is 12.1. The maximum absolute atomic E-state index is 12.1. The molecule has 4 nitrogen and oxygen atoms in total.